The predicted octanol–water partition coefficient (Wildman–Crippen LogP) is 2.49. The molecule has 0 aliphatic heterocycles. The molecule has 0 aromatic rings. The summed E-state index contributed by atoms with van der Waals surface area (Å²) in [6.07, 6.45) is 5.48. The van der Waals surface area contributed by atoms with Crippen molar-refractivity contribution in [1.29, 1.82) is 0 Å². The van der Waals surface area contributed by atoms with Crippen molar-refractivity contribution in [2.75, 3.05) is 6.61 Å². The van der Waals surface area contributed by atoms with Crippen molar-refractivity contribution in [2.24, 2.45) is 0 Å². The monoisotopic (exact) mass is 232 g/mol. The molecule has 3 nitrogen and oxygen atoms in total. The van der Waals surface area contributed by atoms with Gasteiger partial charge in [-0.3, -0.25) is 0 Å². The molecule has 0 saturated heterocycles. The lowest BCUT2D eigenvalue weighted by Crippen LogP contribution is -2.27. The van der Waals surface area contributed by atoms with Crippen molar-refractivity contribution < 1.29 is 14.9 Å². The molecule has 3 heteroatoms. The largest absolute Gasteiger partial charge is 0.394 e. The van der Waals surface area contributed by atoms with E-state index in [-0.39, 0.29) is 24.9 Å². The van der Waals surface area contributed by atoms with Gasteiger partial charge < -0.3 is 14.9 Å². The van der Waals surface area contributed by atoms with Gasteiger partial charge in [-0.25, -0.2) is 0 Å². The number of aliphatic hydroxyl groups excluding tert-OH is 2. The van der Waals surface area contributed by atoms with Crippen molar-refractivity contribution in [3.8, 4) is 0 Å². The third-order valence-electron chi connectivity index (χ3n) is 2.68. The van der Waals surface area contributed by atoms with E-state index >= 15 is 0 Å². The van der Waals surface area contributed by atoms with Crippen LogP contribution in [-0.2, 0) is 4.74 Å². The highest BCUT2D eigenvalue weighted by Crippen LogP contribution is 2.15. The maximum atomic E-state index is 9.40. The fourth-order valence-electron chi connectivity index (χ4n) is 1.85. The van der Waals surface area contributed by atoms with E-state index in [1.165, 1.54) is 0 Å². The summed E-state index contributed by atoms with van der Waals surface area (Å²) in [5, 5.41) is 18.6. The average Bonchev–Trinajstić information content (AvgIpc) is 2.24. The average molecular weight is 232 g/mol. The van der Waals surface area contributed by atoms with Crippen LogP contribution >= 0.6 is 0 Å². The highest BCUT2D eigenvalue weighted by atomic mass is 16.5. The maximum Gasteiger partial charge on any atom is 0.0809 e. The van der Waals surface area contributed by atoms with E-state index in [1.807, 2.05) is 0 Å². The van der Waals surface area contributed by atoms with Crippen molar-refractivity contribution >= 4 is 0 Å². The zero-order valence-corrected chi connectivity index (χ0v) is 11.0. The first-order valence-corrected chi connectivity index (χ1v) is 6.58. The smallest absolute Gasteiger partial charge is 0.0809 e. The molecule has 0 saturated carbocycles. The van der Waals surface area contributed by atoms with E-state index < -0.39 is 0 Å². The predicted molar refractivity (Wildman–Crippen MR) is 66.5 cm³/mol. The summed E-state index contributed by atoms with van der Waals surface area (Å²) in [4.78, 5) is 0. The summed E-state index contributed by atoms with van der Waals surface area (Å²) >= 11 is 0. The van der Waals surface area contributed by atoms with Crippen LogP contribution in [-0.4, -0.2) is 35.1 Å². The molecule has 0 spiro atoms. The minimum absolute atomic E-state index is 0.0643. The minimum atomic E-state index is -0.331. The SMILES string of the molecule is CCCCC(CC(C)O)OC(CO)CCC. The van der Waals surface area contributed by atoms with Gasteiger partial charge in [-0.15, -0.1) is 0 Å². The van der Waals surface area contributed by atoms with Crippen LogP contribution in [0.5, 0.6) is 0 Å². The molecule has 0 fully saturated rings. The van der Waals surface area contributed by atoms with Crippen LogP contribution < -0.4 is 0 Å². The fourth-order valence-corrected chi connectivity index (χ4v) is 1.85. The fraction of sp³-hybridized carbons (Fsp3) is 1.00. The lowest BCUT2D eigenvalue weighted by Gasteiger charge is -2.24. The van der Waals surface area contributed by atoms with E-state index in [0.717, 1.165) is 32.1 Å². The van der Waals surface area contributed by atoms with Crippen molar-refractivity contribution in [1.82, 2.24) is 0 Å². The molecule has 0 aliphatic carbocycles. The minimum Gasteiger partial charge on any atom is -0.394 e. The standard InChI is InChI=1S/C13H28O3/c1-4-6-8-12(9-11(3)15)16-13(10-14)7-5-2/h11-15H,4-10H2,1-3H3. The molecule has 3 atom stereocenters. The quantitative estimate of drug-likeness (QED) is 0.608. The molecular formula is C13H28O3. The Morgan fingerprint density at radius 2 is 1.75 bits per heavy atom. The third kappa shape index (κ3) is 8.08. The summed E-state index contributed by atoms with van der Waals surface area (Å²) in [6, 6.07) is 0. The molecule has 0 aromatic heterocycles. The van der Waals surface area contributed by atoms with Gasteiger partial charge in [0.25, 0.3) is 0 Å². The lowest BCUT2D eigenvalue weighted by molar-refractivity contribution is -0.0623. The number of hydrogen-bond acceptors (Lipinski definition) is 3. The Hall–Kier alpha value is -0.120. The third-order valence-corrected chi connectivity index (χ3v) is 2.68. The number of unbranched alkanes of at least 4 members (excludes halogenated alkanes) is 1. The van der Waals surface area contributed by atoms with E-state index in [9.17, 15) is 10.2 Å². The Bertz CT molecular complexity index is 148. The van der Waals surface area contributed by atoms with E-state index in [0.29, 0.717) is 6.42 Å². The summed E-state index contributed by atoms with van der Waals surface area (Å²) in [6.45, 7) is 6.10. The molecule has 0 aromatic carbocycles. The van der Waals surface area contributed by atoms with Crippen molar-refractivity contribution in [2.45, 2.75) is 77.6 Å². The lowest BCUT2D eigenvalue weighted by atomic mass is 10.1. The topological polar surface area (TPSA) is 49.7 Å². The number of rotatable bonds is 10. The Morgan fingerprint density at radius 1 is 1.06 bits per heavy atom. The van der Waals surface area contributed by atoms with Gasteiger partial charge in [-0.05, 0) is 26.2 Å². The molecule has 98 valence electrons. The van der Waals surface area contributed by atoms with Gasteiger partial charge in [0.1, 0.15) is 0 Å². The van der Waals surface area contributed by atoms with Gasteiger partial charge in [0.2, 0.25) is 0 Å². The molecule has 0 aliphatic rings. The first-order chi connectivity index (χ1) is 7.63. The zero-order valence-electron chi connectivity index (χ0n) is 11.0. The normalized spacial score (nSPS) is 17.1. The van der Waals surface area contributed by atoms with Gasteiger partial charge >= 0.3 is 0 Å². The molecule has 0 bridgehead atoms. The van der Waals surface area contributed by atoms with Crippen LogP contribution in [0.1, 0.15) is 59.3 Å². The molecule has 0 rings (SSSR count). The van der Waals surface area contributed by atoms with Crippen LogP contribution in [0.15, 0.2) is 0 Å². The maximum absolute atomic E-state index is 9.40. The van der Waals surface area contributed by atoms with Crippen LogP contribution in [0, 0.1) is 0 Å². The van der Waals surface area contributed by atoms with Crippen LogP contribution in [0.3, 0.4) is 0 Å². The molecule has 2 N–H and O–H groups in total. The van der Waals surface area contributed by atoms with Gasteiger partial charge in [-0.2, -0.15) is 0 Å². The summed E-state index contributed by atoms with van der Waals surface area (Å²) < 4.78 is 5.84. The Kier molecular flexibility index (Phi) is 9.99. The molecule has 0 radical (unpaired) electrons. The van der Waals surface area contributed by atoms with Crippen molar-refractivity contribution in [3.05, 3.63) is 0 Å². The first kappa shape index (κ1) is 15.9. The van der Waals surface area contributed by atoms with Gasteiger partial charge in [-0.1, -0.05) is 33.1 Å². The van der Waals surface area contributed by atoms with Gasteiger partial charge in [0.15, 0.2) is 0 Å². The van der Waals surface area contributed by atoms with Gasteiger partial charge in [0.05, 0.1) is 24.9 Å². The van der Waals surface area contributed by atoms with E-state index in [4.69, 9.17) is 4.74 Å². The number of ether oxygens (including phenoxy) is 1. The van der Waals surface area contributed by atoms with E-state index in [2.05, 4.69) is 13.8 Å². The molecular weight excluding hydrogens is 204 g/mol. The van der Waals surface area contributed by atoms with Crippen LogP contribution in [0.25, 0.3) is 0 Å². The second-order valence-electron chi connectivity index (χ2n) is 4.58. The second kappa shape index (κ2) is 10.1. The summed E-state index contributed by atoms with van der Waals surface area (Å²) in [5.41, 5.74) is 0. The van der Waals surface area contributed by atoms with Gasteiger partial charge in [0, 0.05) is 0 Å². The zero-order chi connectivity index (χ0) is 12.4. The summed E-state index contributed by atoms with van der Waals surface area (Å²) in [5.74, 6) is 0. The Balaban J connectivity index is 4.04. The first-order valence-electron chi connectivity index (χ1n) is 6.58. The number of aliphatic hydroxyl groups is 2. The van der Waals surface area contributed by atoms with Crippen LogP contribution in [0.2, 0.25) is 0 Å². The van der Waals surface area contributed by atoms with Crippen LogP contribution in [0.4, 0.5) is 0 Å². The second-order valence-corrected chi connectivity index (χ2v) is 4.58. The summed E-state index contributed by atoms with van der Waals surface area (Å²) in [7, 11) is 0. The Morgan fingerprint density at radius 3 is 2.19 bits per heavy atom. The molecule has 3 unspecified atom stereocenters. The molecule has 0 heterocycles. The molecule has 16 heavy (non-hydrogen) atoms. The molecule has 0 amide bonds. The highest BCUT2D eigenvalue weighted by molar-refractivity contribution is 4.66. The van der Waals surface area contributed by atoms with E-state index in [1.54, 1.807) is 6.92 Å². The highest BCUT2D eigenvalue weighted by Gasteiger charge is 2.17. The number of hydrogen-bond donors (Lipinski definition) is 2. The van der Waals surface area contributed by atoms with Crippen molar-refractivity contribution in [3.63, 3.8) is 0 Å². The Labute approximate surface area is 99.8 Å².